The maximum absolute atomic E-state index is 11.3. The van der Waals surface area contributed by atoms with Crippen molar-refractivity contribution in [3.63, 3.8) is 0 Å². The average molecular weight is 265 g/mol. The third kappa shape index (κ3) is 2.23. The first-order chi connectivity index (χ1) is 9.67. The van der Waals surface area contributed by atoms with Gasteiger partial charge in [0.15, 0.2) is 0 Å². The molecule has 2 aromatic rings. The largest absolute Gasteiger partial charge is 0.355 e. The van der Waals surface area contributed by atoms with Crippen LogP contribution < -0.4 is 4.90 Å². The number of aromatic nitrogens is 1. The molecule has 4 nitrogen and oxygen atoms in total. The molecule has 1 aliphatic rings. The summed E-state index contributed by atoms with van der Waals surface area (Å²) in [6, 6.07) is 10.1. The predicted octanol–water partition coefficient (Wildman–Crippen LogP) is 2.58. The number of ketones is 1. The number of hydrogen-bond donors (Lipinski definition) is 0. The van der Waals surface area contributed by atoms with Crippen molar-refractivity contribution in [2.75, 3.05) is 18.0 Å². The fourth-order valence-electron chi connectivity index (χ4n) is 2.58. The quantitative estimate of drug-likeness (QED) is 0.795. The summed E-state index contributed by atoms with van der Waals surface area (Å²) >= 11 is 0. The van der Waals surface area contributed by atoms with Crippen LogP contribution in [0.1, 0.15) is 24.0 Å². The third-order valence-corrected chi connectivity index (χ3v) is 3.69. The van der Waals surface area contributed by atoms with Crippen molar-refractivity contribution in [3.8, 4) is 6.07 Å². The number of nitriles is 1. The molecule has 0 unspecified atom stereocenters. The van der Waals surface area contributed by atoms with Gasteiger partial charge in [-0.15, -0.1) is 0 Å². The zero-order valence-electron chi connectivity index (χ0n) is 11.4. The lowest BCUT2D eigenvalue weighted by molar-refractivity contribution is -0.119. The van der Waals surface area contributed by atoms with Gasteiger partial charge < -0.3 is 4.90 Å². The van der Waals surface area contributed by atoms with Gasteiger partial charge in [0, 0.05) is 31.3 Å². The molecule has 1 aliphatic heterocycles. The molecular formula is C16H15N3O. The minimum absolute atomic E-state index is 0.288. The van der Waals surface area contributed by atoms with Crippen LogP contribution in [0.2, 0.25) is 0 Å². The van der Waals surface area contributed by atoms with Crippen LogP contribution in [0.15, 0.2) is 24.3 Å². The Bertz CT molecular complexity index is 720. The molecule has 0 amide bonds. The highest BCUT2D eigenvalue weighted by molar-refractivity contribution is 5.85. The number of rotatable bonds is 1. The topological polar surface area (TPSA) is 57.0 Å². The number of pyridine rings is 1. The summed E-state index contributed by atoms with van der Waals surface area (Å²) in [5.74, 6) is 0.993. The van der Waals surface area contributed by atoms with E-state index < -0.39 is 0 Å². The van der Waals surface area contributed by atoms with Crippen LogP contribution >= 0.6 is 0 Å². The molecule has 0 bridgehead atoms. The zero-order chi connectivity index (χ0) is 14.1. The first kappa shape index (κ1) is 12.6. The van der Waals surface area contributed by atoms with E-state index in [0.29, 0.717) is 37.3 Å². The SMILES string of the molecule is Cc1ccc2nc(N3CCC(=O)CC3)c(C#N)cc2c1. The Morgan fingerprint density at radius 3 is 2.70 bits per heavy atom. The van der Waals surface area contributed by atoms with E-state index in [1.165, 1.54) is 0 Å². The molecule has 100 valence electrons. The molecular weight excluding hydrogens is 250 g/mol. The molecule has 0 spiro atoms. The Morgan fingerprint density at radius 2 is 2.00 bits per heavy atom. The summed E-state index contributed by atoms with van der Waals surface area (Å²) in [6.07, 6.45) is 1.08. The highest BCUT2D eigenvalue weighted by Gasteiger charge is 2.20. The van der Waals surface area contributed by atoms with E-state index in [4.69, 9.17) is 0 Å². The minimum atomic E-state index is 0.288. The summed E-state index contributed by atoms with van der Waals surface area (Å²) in [5.41, 5.74) is 2.62. The van der Waals surface area contributed by atoms with Crippen molar-refractivity contribution in [1.82, 2.24) is 4.98 Å². The van der Waals surface area contributed by atoms with Gasteiger partial charge in [-0.25, -0.2) is 4.98 Å². The smallest absolute Gasteiger partial charge is 0.147 e. The van der Waals surface area contributed by atoms with Crippen LogP contribution in [-0.4, -0.2) is 23.9 Å². The van der Waals surface area contributed by atoms with Gasteiger partial charge >= 0.3 is 0 Å². The van der Waals surface area contributed by atoms with Gasteiger partial charge in [0.25, 0.3) is 0 Å². The number of piperidine rings is 1. The van der Waals surface area contributed by atoms with Gasteiger partial charge in [-0.05, 0) is 25.1 Å². The third-order valence-electron chi connectivity index (χ3n) is 3.69. The van der Waals surface area contributed by atoms with E-state index in [2.05, 4.69) is 11.1 Å². The fraction of sp³-hybridized carbons (Fsp3) is 0.312. The maximum Gasteiger partial charge on any atom is 0.147 e. The summed E-state index contributed by atoms with van der Waals surface area (Å²) < 4.78 is 0. The number of anilines is 1. The molecule has 0 aliphatic carbocycles. The second-order valence-corrected chi connectivity index (χ2v) is 5.19. The Labute approximate surface area is 117 Å². The summed E-state index contributed by atoms with van der Waals surface area (Å²) in [4.78, 5) is 18.0. The van der Waals surface area contributed by atoms with E-state index in [1.54, 1.807) is 0 Å². The molecule has 0 atom stereocenters. The number of fused-ring (bicyclic) bond motifs is 1. The van der Waals surface area contributed by atoms with Crippen molar-refractivity contribution in [1.29, 1.82) is 5.26 Å². The first-order valence-corrected chi connectivity index (χ1v) is 6.75. The normalized spacial score (nSPS) is 15.4. The van der Waals surface area contributed by atoms with Crippen molar-refractivity contribution >= 4 is 22.5 Å². The van der Waals surface area contributed by atoms with Crippen molar-refractivity contribution < 1.29 is 4.79 Å². The fourth-order valence-corrected chi connectivity index (χ4v) is 2.58. The Morgan fingerprint density at radius 1 is 1.25 bits per heavy atom. The van der Waals surface area contributed by atoms with Crippen LogP contribution in [0.25, 0.3) is 10.9 Å². The number of carbonyl (C=O) groups excluding carboxylic acids is 1. The highest BCUT2D eigenvalue weighted by atomic mass is 16.1. The molecule has 1 aromatic carbocycles. The molecule has 2 heterocycles. The number of Topliss-reactive ketones (excluding diaryl/α,β-unsaturated/α-hetero) is 1. The average Bonchev–Trinajstić information content (AvgIpc) is 2.46. The molecule has 0 saturated carbocycles. The van der Waals surface area contributed by atoms with E-state index in [-0.39, 0.29) is 5.78 Å². The van der Waals surface area contributed by atoms with E-state index in [9.17, 15) is 10.1 Å². The minimum Gasteiger partial charge on any atom is -0.355 e. The maximum atomic E-state index is 11.3. The second kappa shape index (κ2) is 4.93. The molecule has 0 N–H and O–H groups in total. The summed E-state index contributed by atoms with van der Waals surface area (Å²) in [7, 11) is 0. The van der Waals surface area contributed by atoms with Crippen LogP contribution in [0.4, 0.5) is 5.82 Å². The first-order valence-electron chi connectivity index (χ1n) is 6.75. The standard InChI is InChI=1S/C16H15N3O/c1-11-2-3-15-12(8-11)9-13(10-17)16(18-15)19-6-4-14(20)5-7-19/h2-3,8-9H,4-7H2,1H3. The number of nitrogens with zero attached hydrogens (tertiary/aromatic N) is 3. The molecule has 4 heteroatoms. The van der Waals surface area contributed by atoms with Crippen LogP contribution in [-0.2, 0) is 4.79 Å². The number of carbonyl (C=O) groups is 1. The van der Waals surface area contributed by atoms with Crippen LogP contribution in [0.3, 0.4) is 0 Å². The van der Waals surface area contributed by atoms with E-state index >= 15 is 0 Å². The Balaban J connectivity index is 2.08. The molecule has 0 radical (unpaired) electrons. The molecule has 3 rings (SSSR count). The Kier molecular flexibility index (Phi) is 3.11. The number of hydrogen-bond acceptors (Lipinski definition) is 4. The lowest BCUT2D eigenvalue weighted by atomic mass is 10.1. The number of benzene rings is 1. The van der Waals surface area contributed by atoms with Gasteiger partial charge in [-0.2, -0.15) is 5.26 Å². The highest BCUT2D eigenvalue weighted by Crippen LogP contribution is 2.25. The van der Waals surface area contributed by atoms with Crippen LogP contribution in [0, 0.1) is 18.3 Å². The molecule has 1 saturated heterocycles. The lowest BCUT2D eigenvalue weighted by Gasteiger charge is -2.28. The molecule has 1 aromatic heterocycles. The van der Waals surface area contributed by atoms with Gasteiger partial charge in [0.1, 0.15) is 17.7 Å². The van der Waals surface area contributed by atoms with Gasteiger partial charge in [-0.1, -0.05) is 11.6 Å². The Hall–Kier alpha value is -2.41. The number of aryl methyl sites for hydroxylation is 1. The van der Waals surface area contributed by atoms with Gasteiger partial charge in [0.05, 0.1) is 11.1 Å². The zero-order valence-corrected chi connectivity index (χ0v) is 11.4. The van der Waals surface area contributed by atoms with E-state index in [1.807, 2.05) is 36.1 Å². The van der Waals surface area contributed by atoms with Crippen molar-refractivity contribution in [2.45, 2.75) is 19.8 Å². The lowest BCUT2D eigenvalue weighted by Crippen LogP contribution is -2.34. The van der Waals surface area contributed by atoms with E-state index in [0.717, 1.165) is 16.5 Å². The van der Waals surface area contributed by atoms with Gasteiger partial charge in [-0.3, -0.25) is 4.79 Å². The summed E-state index contributed by atoms with van der Waals surface area (Å²) in [5, 5.41) is 10.3. The molecule has 1 fully saturated rings. The van der Waals surface area contributed by atoms with Crippen molar-refractivity contribution in [3.05, 3.63) is 35.4 Å². The van der Waals surface area contributed by atoms with Gasteiger partial charge in [0.2, 0.25) is 0 Å². The second-order valence-electron chi connectivity index (χ2n) is 5.19. The van der Waals surface area contributed by atoms with Crippen LogP contribution in [0.5, 0.6) is 0 Å². The molecule has 20 heavy (non-hydrogen) atoms. The summed E-state index contributed by atoms with van der Waals surface area (Å²) in [6.45, 7) is 3.32. The monoisotopic (exact) mass is 265 g/mol. The van der Waals surface area contributed by atoms with Crippen molar-refractivity contribution in [2.24, 2.45) is 0 Å². The predicted molar refractivity (Wildman–Crippen MR) is 77.6 cm³/mol.